The molecule has 0 unspecified atom stereocenters. The van der Waals surface area contributed by atoms with Gasteiger partial charge in [0, 0.05) is 33.0 Å². The van der Waals surface area contributed by atoms with Crippen LogP contribution >= 0.6 is 0 Å². The number of oxime groups is 1. The second kappa shape index (κ2) is 9.05. The van der Waals surface area contributed by atoms with Gasteiger partial charge in [-0.15, -0.1) is 0 Å². The van der Waals surface area contributed by atoms with Gasteiger partial charge in [-0.25, -0.2) is 8.42 Å². The van der Waals surface area contributed by atoms with Gasteiger partial charge in [-0.3, -0.25) is 0 Å². The number of methoxy groups -OCH3 is 1. The minimum absolute atomic E-state index is 0.0104. The summed E-state index contributed by atoms with van der Waals surface area (Å²) in [6.45, 7) is -0.00810. The smallest absolute Gasteiger partial charge is 0.389 e. The van der Waals surface area contributed by atoms with Crippen LogP contribution in [0.25, 0.3) is 0 Å². The minimum atomic E-state index is -4.39. The van der Waals surface area contributed by atoms with E-state index in [0.29, 0.717) is 0 Å². The Morgan fingerprint density at radius 1 is 1.38 bits per heavy atom. The summed E-state index contributed by atoms with van der Waals surface area (Å²) in [5, 5.41) is 11.1. The van der Waals surface area contributed by atoms with Crippen LogP contribution in [0.15, 0.2) is 5.16 Å². The number of hydrogen-bond acceptors (Lipinski definition) is 5. The van der Waals surface area contributed by atoms with Gasteiger partial charge in [-0.05, 0) is 6.42 Å². The molecule has 11 heteroatoms. The van der Waals surface area contributed by atoms with Gasteiger partial charge in [0.2, 0.25) is 10.0 Å². The molecule has 0 aromatic rings. The first-order chi connectivity index (χ1) is 9.62. The van der Waals surface area contributed by atoms with Crippen molar-refractivity contribution in [3.05, 3.63) is 0 Å². The van der Waals surface area contributed by atoms with E-state index in [2.05, 4.69) is 5.16 Å². The highest BCUT2D eigenvalue weighted by atomic mass is 32.2. The highest BCUT2D eigenvalue weighted by molar-refractivity contribution is 7.89. The standard InChI is InChI=1S/C10H20F3N3O4S/c1-20-7-6-16(5-3-9(14)15-17)21(18,19)8-2-4-10(11,12)13/h17H,2-8H2,1H3,(H2,14,15). The second-order valence-corrected chi connectivity index (χ2v) is 6.36. The van der Waals surface area contributed by atoms with Crippen LogP contribution in [-0.2, 0) is 14.8 Å². The first kappa shape index (κ1) is 19.9. The van der Waals surface area contributed by atoms with E-state index in [1.54, 1.807) is 0 Å². The van der Waals surface area contributed by atoms with Crippen molar-refractivity contribution >= 4 is 15.9 Å². The number of halogens is 3. The zero-order valence-electron chi connectivity index (χ0n) is 11.6. The van der Waals surface area contributed by atoms with Crippen molar-refractivity contribution in [3.8, 4) is 0 Å². The number of ether oxygens (including phenoxy) is 1. The van der Waals surface area contributed by atoms with Crippen LogP contribution in [0.5, 0.6) is 0 Å². The van der Waals surface area contributed by atoms with Gasteiger partial charge in [0.15, 0.2) is 0 Å². The molecular weight excluding hydrogens is 315 g/mol. The zero-order chi connectivity index (χ0) is 16.5. The summed E-state index contributed by atoms with van der Waals surface area (Å²) in [4.78, 5) is 0. The summed E-state index contributed by atoms with van der Waals surface area (Å²) in [6.07, 6.45) is -6.09. The van der Waals surface area contributed by atoms with E-state index in [4.69, 9.17) is 15.7 Å². The molecule has 0 rings (SSSR count). The topological polar surface area (TPSA) is 105 Å². The quantitative estimate of drug-likeness (QED) is 0.265. The number of nitrogens with two attached hydrogens (primary N) is 1. The van der Waals surface area contributed by atoms with Gasteiger partial charge >= 0.3 is 6.18 Å². The molecule has 7 nitrogen and oxygen atoms in total. The monoisotopic (exact) mass is 335 g/mol. The number of amidine groups is 1. The van der Waals surface area contributed by atoms with Crippen LogP contribution in [0.3, 0.4) is 0 Å². The third-order valence-electron chi connectivity index (χ3n) is 2.55. The van der Waals surface area contributed by atoms with Gasteiger partial charge in [0.1, 0.15) is 5.84 Å². The Morgan fingerprint density at radius 2 is 2.00 bits per heavy atom. The molecule has 0 bridgehead atoms. The fourth-order valence-corrected chi connectivity index (χ4v) is 2.95. The molecule has 0 aromatic heterocycles. The number of sulfonamides is 1. The molecule has 21 heavy (non-hydrogen) atoms. The third-order valence-corrected chi connectivity index (χ3v) is 4.50. The lowest BCUT2D eigenvalue weighted by atomic mass is 10.3. The minimum Gasteiger partial charge on any atom is -0.409 e. The first-order valence-corrected chi connectivity index (χ1v) is 7.73. The lowest BCUT2D eigenvalue weighted by Crippen LogP contribution is -2.38. The summed E-state index contributed by atoms with van der Waals surface area (Å²) in [6, 6.07) is 0. The number of alkyl halides is 3. The average Bonchev–Trinajstić information content (AvgIpc) is 2.36. The molecule has 0 atom stereocenters. The largest absolute Gasteiger partial charge is 0.409 e. The van der Waals surface area contributed by atoms with Crippen molar-refractivity contribution in [1.29, 1.82) is 0 Å². The molecule has 0 radical (unpaired) electrons. The maximum Gasteiger partial charge on any atom is 0.389 e. The molecule has 0 amide bonds. The van der Waals surface area contributed by atoms with Crippen LogP contribution in [0.2, 0.25) is 0 Å². The average molecular weight is 335 g/mol. The van der Waals surface area contributed by atoms with E-state index in [0.717, 1.165) is 4.31 Å². The Hall–Kier alpha value is -1.07. The van der Waals surface area contributed by atoms with Crippen molar-refractivity contribution in [2.75, 3.05) is 32.6 Å². The maximum absolute atomic E-state index is 12.0. The van der Waals surface area contributed by atoms with E-state index in [1.807, 2.05) is 0 Å². The van der Waals surface area contributed by atoms with Gasteiger partial charge < -0.3 is 15.7 Å². The van der Waals surface area contributed by atoms with Gasteiger partial charge in [0.25, 0.3) is 0 Å². The third kappa shape index (κ3) is 9.47. The molecule has 126 valence electrons. The number of nitrogens with zero attached hydrogens (tertiary/aromatic N) is 2. The summed E-state index contributed by atoms with van der Waals surface area (Å²) in [5.74, 6) is -0.783. The molecular formula is C10H20F3N3O4S. The Kier molecular flexibility index (Phi) is 8.59. The molecule has 0 fully saturated rings. The molecule has 0 heterocycles. The van der Waals surface area contributed by atoms with E-state index >= 15 is 0 Å². The molecule has 0 aliphatic heterocycles. The number of hydrogen-bond donors (Lipinski definition) is 2. The summed E-state index contributed by atoms with van der Waals surface area (Å²) in [5.41, 5.74) is 5.25. The van der Waals surface area contributed by atoms with E-state index in [9.17, 15) is 21.6 Å². The summed E-state index contributed by atoms with van der Waals surface area (Å²) in [7, 11) is -2.49. The Labute approximate surface area is 121 Å². The van der Waals surface area contributed by atoms with Crippen LogP contribution in [0.4, 0.5) is 13.2 Å². The Balaban J connectivity index is 4.62. The second-order valence-electron chi connectivity index (χ2n) is 4.27. The van der Waals surface area contributed by atoms with Crippen molar-refractivity contribution in [1.82, 2.24) is 4.31 Å². The van der Waals surface area contributed by atoms with Crippen LogP contribution in [-0.4, -0.2) is 62.5 Å². The highest BCUT2D eigenvalue weighted by Crippen LogP contribution is 2.22. The fourth-order valence-electron chi connectivity index (χ4n) is 1.46. The molecule has 0 aliphatic carbocycles. The van der Waals surface area contributed by atoms with Crippen molar-refractivity contribution in [2.24, 2.45) is 10.9 Å². The normalized spacial score (nSPS) is 13.9. The molecule has 0 saturated heterocycles. The lowest BCUT2D eigenvalue weighted by Gasteiger charge is -2.21. The molecule has 0 spiro atoms. The predicted octanol–water partition coefficient (Wildman–Crippen LogP) is 0.744. The van der Waals surface area contributed by atoms with Gasteiger partial charge in [-0.1, -0.05) is 5.16 Å². The maximum atomic E-state index is 12.0. The SMILES string of the molecule is COCCN(CCC(N)=NO)S(=O)(=O)CCCC(F)(F)F. The molecule has 0 aromatic carbocycles. The first-order valence-electron chi connectivity index (χ1n) is 6.12. The number of rotatable bonds is 10. The van der Waals surface area contributed by atoms with E-state index < -0.39 is 34.8 Å². The fraction of sp³-hybridized carbons (Fsp3) is 0.900. The summed E-state index contributed by atoms with van der Waals surface area (Å²) < 4.78 is 65.8. The van der Waals surface area contributed by atoms with Gasteiger partial charge in [-0.2, -0.15) is 17.5 Å². The molecule has 0 aliphatic rings. The molecule has 3 N–H and O–H groups in total. The van der Waals surface area contributed by atoms with Crippen LogP contribution in [0.1, 0.15) is 19.3 Å². The molecule has 0 saturated carbocycles. The van der Waals surface area contributed by atoms with E-state index in [1.165, 1.54) is 7.11 Å². The summed E-state index contributed by atoms with van der Waals surface area (Å²) >= 11 is 0. The van der Waals surface area contributed by atoms with Crippen molar-refractivity contribution in [2.45, 2.75) is 25.4 Å². The predicted molar refractivity (Wildman–Crippen MR) is 70.6 cm³/mol. The highest BCUT2D eigenvalue weighted by Gasteiger charge is 2.29. The Bertz CT molecular complexity index is 426. The Morgan fingerprint density at radius 3 is 2.48 bits per heavy atom. The van der Waals surface area contributed by atoms with Crippen LogP contribution < -0.4 is 5.73 Å². The van der Waals surface area contributed by atoms with Gasteiger partial charge in [0.05, 0.1) is 12.4 Å². The van der Waals surface area contributed by atoms with Crippen LogP contribution in [0, 0.1) is 0 Å². The van der Waals surface area contributed by atoms with Crippen molar-refractivity contribution in [3.63, 3.8) is 0 Å². The lowest BCUT2D eigenvalue weighted by molar-refractivity contribution is -0.134. The van der Waals surface area contributed by atoms with E-state index in [-0.39, 0.29) is 32.0 Å². The van der Waals surface area contributed by atoms with Crippen molar-refractivity contribution < 1.29 is 31.5 Å². The zero-order valence-corrected chi connectivity index (χ0v) is 12.5.